The van der Waals surface area contributed by atoms with Crippen molar-refractivity contribution < 1.29 is 4.74 Å². The van der Waals surface area contributed by atoms with Crippen LogP contribution >= 0.6 is 0 Å². The van der Waals surface area contributed by atoms with Gasteiger partial charge in [0, 0.05) is 18.7 Å². The van der Waals surface area contributed by atoms with Crippen LogP contribution < -0.4 is 5.32 Å². The van der Waals surface area contributed by atoms with Gasteiger partial charge in [-0.15, -0.1) is 0 Å². The maximum Gasteiger partial charge on any atom is 0.0506 e. The van der Waals surface area contributed by atoms with Crippen LogP contribution in [0.25, 0.3) is 0 Å². The fourth-order valence-corrected chi connectivity index (χ4v) is 3.13. The summed E-state index contributed by atoms with van der Waals surface area (Å²) in [5.41, 5.74) is 0. The highest BCUT2D eigenvalue weighted by molar-refractivity contribution is 4.79. The summed E-state index contributed by atoms with van der Waals surface area (Å²) in [5.74, 6) is 0.674. The Kier molecular flexibility index (Phi) is 5.26. The second-order valence-corrected chi connectivity index (χ2v) is 5.82. The van der Waals surface area contributed by atoms with Crippen molar-refractivity contribution in [1.29, 1.82) is 0 Å². The monoisotopic (exact) mass is 240 g/mol. The van der Waals surface area contributed by atoms with Crippen LogP contribution in [-0.4, -0.2) is 50.3 Å². The molecule has 0 radical (unpaired) electrons. The van der Waals surface area contributed by atoms with Gasteiger partial charge in [0.05, 0.1) is 6.61 Å². The van der Waals surface area contributed by atoms with Crippen molar-refractivity contribution in [3.05, 3.63) is 0 Å². The van der Waals surface area contributed by atoms with Crippen molar-refractivity contribution in [1.82, 2.24) is 10.2 Å². The van der Waals surface area contributed by atoms with Crippen LogP contribution in [0.2, 0.25) is 0 Å². The lowest BCUT2D eigenvalue weighted by molar-refractivity contribution is 0.0383. The van der Waals surface area contributed by atoms with Crippen LogP contribution in [0, 0.1) is 5.92 Å². The van der Waals surface area contributed by atoms with Gasteiger partial charge in [0.1, 0.15) is 0 Å². The van der Waals surface area contributed by atoms with E-state index in [-0.39, 0.29) is 0 Å². The summed E-state index contributed by atoms with van der Waals surface area (Å²) in [5, 5.41) is 3.73. The van der Waals surface area contributed by atoms with E-state index in [9.17, 15) is 0 Å². The standard InChI is InChI=1S/C14H28N2O/c1-12-11-17-10-7-14(12)15-8-6-13-5-3-4-9-16(13)2/h12-15H,3-11H2,1-2H3. The van der Waals surface area contributed by atoms with Crippen LogP contribution in [0.15, 0.2) is 0 Å². The molecule has 2 aliphatic rings. The molecule has 0 aromatic heterocycles. The number of likely N-dealkylation sites (tertiary alicyclic amines) is 1. The van der Waals surface area contributed by atoms with Gasteiger partial charge in [0.15, 0.2) is 0 Å². The number of hydrogen-bond acceptors (Lipinski definition) is 3. The molecule has 3 atom stereocenters. The Morgan fingerprint density at radius 3 is 2.94 bits per heavy atom. The Morgan fingerprint density at radius 1 is 1.29 bits per heavy atom. The third kappa shape index (κ3) is 3.94. The molecule has 0 amide bonds. The van der Waals surface area contributed by atoms with Gasteiger partial charge in [0.25, 0.3) is 0 Å². The summed E-state index contributed by atoms with van der Waals surface area (Å²) in [6, 6.07) is 1.49. The number of nitrogens with one attached hydrogen (secondary N) is 1. The van der Waals surface area contributed by atoms with E-state index in [0.29, 0.717) is 12.0 Å². The lowest BCUT2D eigenvalue weighted by atomic mass is 9.96. The third-order valence-corrected chi connectivity index (χ3v) is 4.45. The maximum absolute atomic E-state index is 5.48. The molecule has 2 heterocycles. The number of nitrogens with zero attached hydrogens (tertiary/aromatic N) is 1. The minimum absolute atomic E-state index is 0.674. The molecule has 0 spiro atoms. The van der Waals surface area contributed by atoms with Crippen LogP contribution in [0.4, 0.5) is 0 Å². The Morgan fingerprint density at radius 2 is 2.18 bits per heavy atom. The van der Waals surface area contributed by atoms with Crippen molar-refractivity contribution in [2.75, 3.05) is 33.4 Å². The zero-order valence-electron chi connectivity index (χ0n) is 11.5. The first-order valence-electron chi connectivity index (χ1n) is 7.28. The highest BCUT2D eigenvalue weighted by Gasteiger charge is 2.22. The summed E-state index contributed by atoms with van der Waals surface area (Å²) in [7, 11) is 2.28. The van der Waals surface area contributed by atoms with E-state index in [1.807, 2.05) is 0 Å². The molecule has 2 saturated heterocycles. The van der Waals surface area contributed by atoms with E-state index >= 15 is 0 Å². The molecule has 1 N–H and O–H groups in total. The molecule has 0 bridgehead atoms. The summed E-state index contributed by atoms with van der Waals surface area (Å²) >= 11 is 0. The number of rotatable bonds is 4. The van der Waals surface area contributed by atoms with Gasteiger partial charge in [0.2, 0.25) is 0 Å². The van der Waals surface area contributed by atoms with E-state index in [1.165, 1.54) is 45.2 Å². The molecule has 2 aliphatic heterocycles. The van der Waals surface area contributed by atoms with Gasteiger partial charge in [-0.1, -0.05) is 13.3 Å². The van der Waals surface area contributed by atoms with Gasteiger partial charge in [-0.3, -0.25) is 0 Å². The van der Waals surface area contributed by atoms with Gasteiger partial charge in [-0.2, -0.15) is 0 Å². The second-order valence-electron chi connectivity index (χ2n) is 5.82. The first-order valence-corrected chi connectivity index (χ1v) is 7.28. The highest BCUT2D eigenvalue weighted by Crippen LogP contribution is 2.18. The number of piperidine rings is 1. The van der Waals surface area contributed by atoms with E-state index < -0.39 is 0 Å². The lowest BCUT2D eigenvalue weighted by Crippen LogP contribution is -2.44. The molecule has 3 heteroatoms. The van der Waals surface area contributed by atoms with E-state index in [2.05, 4.69) is 24.2 Å². The van der Waals surface area contributed by atoms with Crippen molar-refractivity contribution in [2.45, 2.75) is 51.1 Å². The molecular formula is C14H28N2O. The average molecular weight is 240 g/mol. The topological polar surface area (TPSA) is 24.5 Å². The molecule has 0 saturated carbocycles. The highest BCUT2D eigenvalue weighted by atomic mass is 16.5. The third-order valence-electron chi connectivity index (χ3n) is 4.45. The minimum atomic E-state index is 0.674. The van der Waals surface area contributed by atoms with E-state index in [0.717, 1.165) is 19.3 Å². The molecular weight excluding hydrogens is 212 g/mol. The molecule has 3 unspecified atom stereocenters. The minimum Gasteiger partial charge on any atom is -0.381 e. The SMILES string of the molecule is CC1COCCC1NCCC1CCCCN1C. The predicted molar refractivity (Wildman–Crippen MR) is 71.3 cm³/mol. The maximum atomic E-state index is 5.48. The predicted octanol–water partition coefficient (Wildman–Crippen LogP) is 1.88. The van der Waals surface area contributed by atoms with Crippen molar-refractivity contribution >= 4 is 0 Å². The van der Waals surface area contributed by atoms with Gasteiger partial charge >= 0.3 is 0 Å². The molecule has 0 aromatic rings. The van der Waals surface area contributed by atoms with Gasteiger partial charge < -0.3 is 15.0 Å². The van der Waals surface area contributed by atoms with Crippen LogP contribution in [0.1, 0.15) is 39.0 Å². The Balaban J connectivity index is 1.64. The summed E-state index contributed by atoms with van der Waals surface area (Å²) in [6.07, 6.45) is 6.68. The fourth-order valence-electron chi connectivity index (χ4n) is 3.13. The normalized spacial score (nSPS) is 36.0. The summed E-state index contributed by atoms with van der Waals surface area (Å²) < 4.78 is 5.48. The van der Waals surface area contributed by atoms with E-state index in [1.54, 1.807) is 0 Å². The zero-order valence-corrected chi connectivity index (χ0v) is 11.5. The fraction of sp³-hybridized carbons (Fsp3) is 1.00. The van der Waals surface area contributed by atoms with E-state index in [4.69, 9.17) is 4.74 Å². The average Bonchev–Trinajstić information content (AvgIpc) is 2.34. The number of ether oxygens (including phenoxy) is 1. The Bertz CT molecular complexity index is 200. The second kappa shape index (κ2) is 6.72. The number of hydrogen-bond donors (Lipinski definition) is 1. The Labute approximate surface area is 106 Å². The molecule has 3 nitrogen and oxygen atoms in total. The van der Waals surface area contributed by atoms with Crippen LogP contribution in [0.3, 0.4) is 0 Å². The quantitative estimate of drug-likeness (QED) is 0.812. The molecule has 17 heavy (non-hydrogen) atoms. The molecule has 0 aromatic carbocycles. The smallest absolute Gasteiger partial charge is 0.0506 e. The van der Waals surface area contributed by atoms with Crippen molar-refractivity contribution in [2.24, 2.45) is 5.92 Å². The largest absolute Gasteiger partial charge is 0.381 e. The molecule has 2 fully saturated rings. The first kappa shape index (κ1) is 13.3. The van der Waals surface area contributed by atoms with Crippen LogP contribution in [0.5, 0.6) is 0 Å². The molecule has 100 valence electrons. The molecule has 0 aliphatic carbocycles. The molecule has 2 rings (SSSR count). The zero-order chi connectivity index (χ0) is 12.1. The van der Waals surface area contributed by atoms with Crippen molar-refractivity contribution in [3.8, 4) is 0 Å². The first-order chi connectivity index (χ1) is 8.27. The van der Waals surface area contributed by atoms with Crippen molar-refractivity contribution in [3.63, 3.8) is 0 Å². The lowest BCUT2D eigenvalue weighted by Gasteiger charge is -2.34. The van der Waals surface area contributed by atoms with Crippen LogP contribution in [-0.2, 0) is 4.74 Å². The summed E-state index contributed by atoms with van der Waals surface area (Å²) in [4.78, 5) is 2.54. The van der Waals surface area contributed by atoms with Gasteiger partial charge in [-0.05, 0) is 51.7 Å². The Hall–Kier alpha value is -0.120. The summed E-state index contributed by atoms with van der Waals surface area (Å²) in [6.45, 7) is 6.62. The van der Waals surface area contributed by atoms with Gasteiger partial charge in [-0.25, -0.2) is 0 Å².